The summed E-state index contributed by atoms with van der Waals surface area (Å²) in [5.74, 6) is -0.610. The SMILES string of the molecule is COC(=O)Cc1c(C(F)F)ncc(Br)c1CN. The van der Waals surface area contributed by atoms with E-state index in [-0.39, 0.29) is 18.5 Å². The van der Waals surface area contributed by atoms with Crippen molar-refractivity contribution in [2.24, 2.45) is 5.73 Å². The number of rotatable bonds is 4. The second-order valence-electron chi connectivity index (χ2n) is 3.21. The summed E-state index contributed by atoms with van der Waals surface area (Å²) < 4.78 is 30.5. The number of nitrogens with two attached hydrogens (primary N) is 1. The molecule has 0 unspecified atom stereocenters. The molecule has 1 heterocycles. The van der Waals surface area contributed by atoms with Crippen molar-refractivity contribution in [1.29, 1.82) is 0 Å². The van der Waals surface area contributed by atoms with Gasteiger partial charge in [0.15, 0.2) is 0 Å². The molecule has 7 heteroatoms. The third kappa shape index (κ3) is 3.19. The fraction of sp³-hybridized carbons (Fsp3) is 0.400. The third-order valence-electron chi connectivity index (χ3n) is 2.24. The van der Waals surface area contributed by atoms with Gasteiger partial charge >= 0.3 is 5.97 Å². The fourth-order valence-electron chi connectivity index (χ4n) is 1.40. The molecule has 0 spiro atoms. The average molecular weight is 309 g/mol. The number of esters is 1. The highest BCUT2D eigenvalue weighted by molar-refractivity contribution is 9.10. The first-order valence-electron chi connectivity index (χ1n) is 4.72. The lowest BCUT2D eigenvalue weighted by molar-refractivity contribution is -0.139. The van der Waals surface area contributed by atoms with Crippen molar-refractivity contribution in [3.05, 3.63) is 27.5 Å². The van der Waals surface area contributed by atoms with Crippen LogP contribution in [0.3, 0.4) is 0 Å². The standard InChI is InChI=1S/C10H11BrF2N2O2/c1-17-8(16)2-5-6(3-14)7(11)4-15-9(5)10(12)13/h4,10H,2-3,14H2,1H3. The van der Waals surface area contributed by atoms with Gasteiger partial charge in [0.25, 0.3) is 6.43 Å². The fourth-order valence-corrected chi connectivity index (χ4v) is 1.91. The summed E-state index contributed by atoms with van der Waals surface area (Å²) in [4.78, 5) is 14.8. The average Bonchev–Trinajstić information content (AvgIpc) is 2.28. The van der Waals surface area contributed by atoms with Gasteiger partial charge in [0.1, 0.15) is 5.69 Å². The summed E-state index contributed by atoms with van der Waals surface area (Å²) in [6.45, 7) is 0.0369. The molecular weight excluding hydrogens is 298 g/mol. The molecule has 0 radical (unpaired) electrons. The van der Waals surface area contributed by atoms with Crippen LogP contribution in [0.1, 0.15) is 23.2 Å². The lowest BCUT2D eigenvalue weighted by Gasteiger charge is -2.13. The Kier molecular flexibility index (Phi) is 4.95. The van der Waals surface area contributed by atoms with Crippen LogP contribution in [0.2, 0.25) is 0 Å². The molecule has 17 heavy (non-hydrogen) atoms. The molecule has 4 nitrogen and oxygen atoms in total. The Morgan fingerprint density at radius 2 is 2.24 bits per heavy atom. The summed E-state index contributed by atoms with van der Waals surface area (Å²) in [6, 6.07) is 0. The molecule has 0 fully saturated rings. The first kappa shape index (κ1) is 14.0. The van der Waals surface area contributed by atoms with Gasteiger partial charge < -0.3 is 10.5 Å². The van der Waals surface area contributed by atoms with Gasteiger partial charge in [-0.1, -0.05) is 0 Å². The molecule has 1 rings (SSSR count). The summed E-state index contributed by atoms with van der Waals surface area (Å²) in [7, 11) is 1.19. The largest absolute Gasteiger partial charge is 0.469 e. The van der Waals surface area contributed by atoms with Crippen LogP contribution in [0.4, 0.5) is 8.78 Å². The number of carbonyl (C=O) groups excluding carboxylic acids is 1. The van der Waals surface area contributed by atoms with Gasteiger partial charge in [0.2, 0.25) is 0 Å². The zero-order chi connectivity index (χ0) is 13.0. The second kappa shape index (κ2) is 6.02. The van der Waals surface area contributed by atoms with Gasteiger partial charge in [-0.05, 0) is 27.1 Å². The first-order chi connectivity index (χ1) is 8.01. The molecule has 0 saturated heterocycles. The number of methoxy groups -OCH3 is 1. The van der Waals surface area contributed by atoms with E-state index in [2.05, 4.69) is 25.7 Å². The topological polar surface area (TPSA) is 65.2 Å². The van der Waals surface area contributed by atoms with Crippen LogP contribution < -0.4 is 5.73 Å². The highest BCUT2D eigenvalue weighted by Gasteiger charge is 2.21. The molecule has 0 aliphatic rings. The normalized spacial score (nSPS) is 10.7. The van der Waals surface area contributed by atoms with Crippen LogP contribution >= 0.6 is 15.9 Å². The number of alkyl halides is 2. The number of hydrogen-bond acceptors (Lipinski definition) is 4. The number of halogens is 3. The van der Waals surface area contributed by atoms with Gasteiger partial charge in [0, 0.05) is 17.2 Å². The number of carbonyl (C=O) groups is 1. The van der Waals surface area contributed by atoms with E-state index >= 15 is 0 Å². The van der Waals surface area contributed by atoms with Crippen molar-refractivity contribution in [1.82, 2.24) is 4.98 Å². The zero-order valence-electron chi connectivity index (χ0n) is 9.04. The molecule has 2 N–H and O–H groups in total. The van der Waals surface area contributed by atoms with E-state index < -0.39 is 18.1 Å². The maximum Gasteiger partial charge on any atom is 0.310 e. The zero-order valence-corrected chi connectivity index (χ0v) is 10.6. The van der Waals surface area contributed by atoms with E-state index in [1.807, 2.05) is 0 Å². The van der Waals surface area contributed by atoms with E-state index in [1.165, 1.54) is 13.3 Å². The van der Waals surface area contributed by atoms with Crippen molar-refractivity contribution < 1.29 is 18.3 Å². The van der Waals surface area contributed by atoms with Gasteiger partial charge in [-0.2, -0.15) is 0 Å². The van der Waals surface area contributed by atoms with Crippen molar-refractivity contribution in [2.45, 2.75) is 19.4 Å². The van der Waals surface area contributed by atoms with Crippen molar-refractivity contribution in [3.8, 4) is 0 Å². The van der Waals surface area contributed by atoms with E-state index in [0.29, 0.717) is 10.0 Å². The lowest BCUT2D eigenvalue weighted by atomic mass is 10.0. The quantitative estimate of drug-likeness (QED) is 0.864. The van der Waals surface area contributed by atoms with Crippen molar-refractivity contribution >= 4 is 21.9 Å². The van der Waals surface area contributed by atoms with Gasteiger partial charge in [-0.25, -0.2) is 8.78 Å². The third-order valence-corrected chi connectivity index (χ3v) is 2.92. The molecule has 0 bridgehead atoms. The van der Waals surface area contributed by atoms with Crippen LogP contribution in [0.5, 0.6) is 0 Å². The van der Waals surface area contributed by atoms with Crippen LogP contribution in [0, 0.1) is 0 Å². The van der Waals surface area contributed by atoms with Crippen molar-refractivity contribution in [3.63, 3.8) is 0 Å². The Labute approximate surface area is 105 Å². The van der Waals surface area contributed by atoms with Crippen LogP contribution in [-0.4, -0.2) is 18.1 Å². The van der Waals surface area contributed by atoms with E-state index in [1.54, 1.807) is 0 Å². The highest BCUT2D eigenvalue weighted by Crippen LogP contribution is 2.28. The van der Waals surface area contributed by atoms with E-state index in [0.717, 1.165) is 0 Å². The molecule has 94 valence electrons. The first-order valence-corrected chi connectivity index (χ1v) is 5.51. The van der Waals surface area contributed by atoms with Crippen LogP contribution in [0.25, 0.3) is 0 Å². The lowest BCUT2D eigenvalue weighted by Crippen LogP contribution is -2.14. The Balaban J connectivity index is 3.28. The van der Waals surface area contributed by atoms with Gasteiger partial charge in [-0.15, -0.1) is 0 Å². The van der Waals surface area contributed by atoms with Crippen LogP contribution in [0.15, 0.2) is 10.7 Å². The maximum absolute atomic E-state index is 12.8. The predicted octanol–water partition coefficient (Wildman–Crippen LogP) is 1.96. The van der Waals surface area contributed by atoms with Gasteiger partial charge in [0.05, 0.1) is 13.5 Å². The summed E-state index contributed by atoms with van der Waals surface area (Å²) >= 11 is 3.16. The number of hydrogen-bond donors (Lipinski definition) is 1. The molecule has 0 amide bonds. The van der Waals surface area contributed by atoms with E-state index in [9.17, 15) is 13.6 Å². The molecular formula is C10H11BrF2N2O2. The Morgan fingerprint density at radius 1 is 1.59 bits per heavy atom. The Bertz CT molecular complexity index is 427. The number of ether oxygens (including phenoxy) is 1. The van der Waals surface area contributed by atoms with Gasteiger partial charge in [-0.3, -0.25) is 9.78 Å². The molecule has 1 aromatic rings. The monoisotopic (exact) mass is 308 g/mol. The van der Waals surface area contributed by atoms with E-state index in [4.69, 9.17) is 5.73 Å². The summed E-state index contributed by atoms with van der Waals surface area (Å²) in [5, 5.41) is 0. The minimum Gasteiger partial charge on any atom is -0.469 e. The summed E-state index contributed by atoms with van der Waals surface area (Å²) in [5.41, 5.74) is 5.62. The second-order valence-corrected chi connectivity index (χ2v) is 4.06. The number of aromatic nitrogens is 1. The number of pyridine rings is 1. The Hall–Kier alpha value is -1.08. The molecule has 0 aromatic carbocycles. The molecule has 0 aliphatic carbocycles. The molecule has 0 aliphatic heterocycles. The van der Waals surface area contributed by atoms with Crippen LogP contribution in [-0.2, 0) is 22.5 Å². The summed E-state index contributed by atoms with van der Waals surface area (Å²) in [6.07, 6.45) is -1.77. The maximum atomic E-state index is 12.8. The minimum absolute atomic E-state index is 0.0369. The predicted molar refractivity (Wildman–Crippen MR) is 60.5 cm³/mol. The Morgan fingerprint density at radius 3 is 2.71 bits per heavy atom. The van der Waals surface area contributed by atoms with Crippen molar-refractivity contribution in [2.75, 3.05) is 7.11 Å². The highest BCUT2D eigenvalue weighted by atomic mass is 79.9. The number of nitrogens with zero attached hydrogens (tertiary/aromatic N) is 1. The molecule has 1 aromatic heterocycles. The minimum atomic E-state index is -2.76. The molecule has 0 saturated carbocycles. The molecule has 0 atom stereocenters. The smallest absolute Gasteiger partial charge is 0.310 e.